The van der Waals surface area contributed by atoms with Crippen molar-refractivity contribution in [1.82, 2.24) is 4.98 Å². The van der Waals surface area contributed by atoms with Crippen LogP contribution in [0, 0.1) is 19.7 Å². The molecule has 1 amide bonds. The van der Waals surface area contributed by atoms with Gasteiger partial charge in [0.2, 0.25) is 11.7 Å². The number of Topliss-reactive ketones (excluding diaryl/α,β-unsaturated/α-hetero) is 1. The molecule has 9 heteroatoms. The number of nitrogens with one attached hydrogen (secondary N) is 2. The van der Waals surface area contributed by atoms with Crippen molar-refractivity contribution in [2.45, 2.75) is 27.7 Å². The maximum Gasteiger partial charge on any atom is 0.355 e. The predicted octanol–water partition coefficient (Wildman–Crippen LogP) is 2.95. The van der Waals surface area contributed by atoms with Crippen LogP contribution < -0.4 is 5.32 Å². The molecule has 0 aliphatic heterocycles. The first-order chi connectivity index (χ1) is 13.6. The van der Waals surface area contributed by atoms with Gasteiger partial charge in [0.15, 0.2) is 6.61 Å². The highest BCUT2D eigenvalue weighted by molar-refractivity contribution is 6.01. The lowest BCUT2D eigenvalue weighted by molar-refractivity contribution is -0.114. The number of anilines is 1. The Morgan fingerprint density at radius 3 is 2.38 bits per heavy atom. The van der Waals surface area contributed by atoms with E-state index in [1.54, 1.807) is 20.8 Å². The van der Waals surface area contributed by atoms with Crippen LogP contribution >= 0.6 is 0 Å². The number of carbonyl (C=O) groups excluding carboxylic acids is 4. The van der Waals surface area contributed by atoms with E-state index >= 15 is 0 Å². The standard InChI is InChI=1S/C20H21FN2O6/c1-5-28-19(26)17-10(2)18(22-11(17)3)20(27)29-9-16(25)14-7-6-13(8-15(14)21)23-12(4)24/h6-8,22H,5,9H2,1-4H3,(H,23,24). The highest BCUT2D eigenvalue weighted by atomic mass is 19.1. The second-order valence-corrected chi connectivity index (χ2v) is 6.22. The Balaban J connectivity index is 2.09. The molecule has 0 saturated carbocycles. The van der Waals surface area contributed by atoms with Gasteiger partial charge in [-0.1, -0.05) is 0 Å². The topological polar surface area (TPSA) is 115 Å². The molecule has 0 bridgehead atoms. The molecule has 1 heterocycles. The fourth-order valence-electron chi connectivity index (χ4n) is 2.77. The number of ketones is 1. The van der Waals surface area contributed by atoms with Crippen LogP contribution in [0.2, 0.25) is 0 Å². The van der Waals surface area contributed by atoms with Crippen molar-refractivity contribution in [2.75, 3.05) is 18.5 Å². The third-order valence-corrected chi connectivity index (χ3v) is 4.05. The number of esters is 2. The van der Waals surface area contributed by atoms with E-state index in [1.807, 2.05) is 0 Å². The van der Waals surface area contributed by atoms with Gasteiger partial charge in [-0.05, 0) is 44.5 Å². The van der Waals surface area contributed by atoms with E-state index in [0.29, 0.717) is 11.3 Å². The first-order valence-electron chi connectivity index (χ1n) is 8.79. The van der Waals surface area contributed by atoms with Crippen molar-refractivity contribution in [2.24, 2.45) is 0 Å². The van der Waals surface area contributed by atoms with Crippen LogP contribution in [0.1, 0.15) is 56.3 Å². The summed E-state index contributed by atoms with van der Waals surface area (Å²) in [5.41, 5.74) is 0.929. The van der Waals surface area contributed by atoms with E-state index in [4.69, 9.17) is 9.47 Å². The van der Waals surface area contributed by atoms with Gasteiger partial charge in [0, 0.05) is 18.3 Å². The van der Waals surface area contributed by atoms with E-state index < -0.39 is 30.1 Å². The second kappa shape index (κ2) is 9.13. The molecule has 0 spiro atoms. The largest absolute Gasteiger partial charge is 0.462 e. The summed E-state index contributed by atoms with van der Waals surface area (Å²) in [5.74, 6) is -3.42. The van der Waals surface area contributed by atoms with Crippen LogP contribution in [0.4, 0.5) is 10.1 Å². The number of amides is 1. The summed E-state index contributed by atoms with van der Waals surface area (Å²) < 4.78 is 24.0. The van der Waals surface area contributed by atoms with Crippen LogP contribution in [0.25, 0.3) is 0 Å². The minimum absolute atomic E-state index is 0.0137. The van der Waals surface area contributed by atoms with Crippen LogP contribution in [-0.4, -0.2) is 41.8 Å². The summed E-state index contributed by atoms with van der Waals surface area (Å²) in [7, 11) is 0. The summed E-state index contributed by atoms with van der Waals surface area (Å²) in [5, 5.41) is 2.40. The molecule has 0 aliphatic carbocycles. The molecule has 1 aromatic heterocycles. The molecular weight excluding hydrogens is 383 g/mol. The number of ether oxygens (including phenoxy) is 2. The molecule has 0 aliphatic rings. The molecule has 0 atom stereocenters. The number of rotatable bonds is 7. The van der Waals surface area contributed by atoms with Gasteiger partial charge < -0.3 is 19.8 Å². The van der Waals surface area contributed by atoms with Gasteiger partial charge in [-0.2, -0.15) is 0 Å². The van der Waals surface area contributed by atoms with Crippen molar-refractivity contribution in [1.29, 1.82) is 0 Å². The zero-order valence-electron chi connectivity index (χ0n) is 16.5. The number of aromatic nitrogens is 1. The lowest BCUT2D eigenvalue weighted by Crippen LogP contribution is -2.17. The number of hydrogen-bond acceptors (Lipinski definition) is 6. The van der Waals surface area contributed by atoms with Gasteiger partial charge in [-0.3, -0.25) is 9.59 Å². The molecule has 0 fully saturated rings. The van der Waals surface area contributed by atoms with Crippen molar-refractivity contribution in [3.8, 4) is 0 Å². The minimum Gasteiger partial charge on any atom is -0.462 e. The quantitative estimate of drug-likeness (QED) is 0.542. The van der Waals surface area contributed by atoms with Gasteiger partial charge in [-0.25, -0.2) is 14.0 Å². The molecule has 154 valence electrons. The lowest BCUT2D eigenvalue weighted by Gasteiger charge is -2.07. The van der Waals surface area contributed by atoms with Gasteiger partial charge in [0.1, 0.15) is 11.5 Å². The number of benzene rings is 1. The second-order valence-electron chi connectivity index (χ2n) is 6.22. The third-order valence-electron chi connectivity index (χ3n) is 4.05. The average molecular weight is 404 g/mol. The number of aryl methyl sites for hydroxylation is 1. The first-order valence-corrected chi connectivity index (χ1v) is 8.79. The minimum atomic E-state index is -0.857. The van der Waals surface area contributed by atoms with E-state index in [2.05, 4.69) is 10.3 Å². The molecule has 2 rings (SSSR count). The fraction of sp³-hybridized carbons (Fsp3) is 0.300. The summed E-state index contributed by atoms with van der Waals surface area (Å²) in [6.07, 6.45) is 0. The summed E-state index contributed by atoms with van der Waals surface area (Å²) >= 11 is 0. The maximum atomic E-state index is 14.1. The Kier molecular flexibility index (Phi) is 6.87. The van der Waals surface area contributed by atoms with Crippen LogP contribution in [-0.2, 0) is 14.3 Å². The zero-order valence-corrected chi connectivity index (χ0v) is 16.5. The summed E-state index contributed by atoms with van der Waals surface area (Å²) in [6.45, 7) is 5.58. The molecule has 29 heavy (non-hydrogen) atoms. The molecule has 2 aromatic rings. The third kappa shape index (κ3) is 5.07. The van der Waals surface area contributed by atoms with Gasteiger partial charge in [0.25, 0.3) is 0 Å². The van der Waals surface area contributed by atoms with Crippen molar-refractivity contribution in [3.63, 3.8) is 0 Å². The average Bonchev–Trinajstić information content (AvgIpc) is 2.93. The van der Waals surface area contributed by atoms with Crippen molar-refractivity contribution in [3.05, 3.63) is 52.1 Å². The Hall–Kier alpha value is -3.49. The first kappa shape index (κ1) is 21.8. The van der Waals surface area contributed by atoms with Crippen LogP contribution in [0.15, 0.2) is 18.2 Å². The number of aromatic amines is 1. The maximum absolute atomic E-state index is 14.1. The molecule has 0 radical (unpaired) electrons. The molecule has 0 unspecified atom stereocenters. The lowest BCUT2D eigenvalue weighted by atomic mass is 10.1. The van der Waals surface area contributed by atoms with Crippen molar-refractivity contribution >= 4 is 29.3 Å². The normalized spacial score (nSPS) is 10.4. The Labute approximate surface area is 166 Å². The molecule has 1 aromatic carbocycles. The van der Waals surface area contributed by atoms with E-state index in [1.165, 1.54) is 19.1 Å². The predicted molar refractivity (Wildman–Crippen MR) is 102 cm³/mol. The fourth-order valence-corrected chi connectivity index (χ4v) is 2.77. The Morgan fingerprint density at radius 1 is 1.10 bits per heavy atom. The SMILES string of the molecule is CCOC(=O)c1c(C)[nH]c(C(=O)OCC(=O)c2ccc(NC(C)=O)cc2F)c1C. The molecule has 2 N–H and O–H groups in total. The van der Waals surface area contributed by atoms with Crippen LogP contribution in [0.3, 0.4) is 0 Å². The highest BCUT2D eigenvalue weighted by Gasteiger charge is 2.24. The summed E-state index contributed by atoms with van der Waals surface area (Å²) in [6, 6.07) is 3.56. The van der Waals surface area contributed by atoms with Crippen molar-refractivity contribution < 1.29 is 33.0 Å². The van der Waals surface area contributed by atoms with E-state index in [9.17, 15) is 23.6 Å². The smallest absolute Gasteiger partial charge is 0.355 e. The van der Waals surface area contributed by atoms with E-state index in [-0.39, 0.29) is 35.0 Å². The van der Waals surface area contributed by atoms with E-state index in [0.717, 1.165) is 6.07 Å². The number of halogens is 1. The number of hydrogen-bond donors (Lipinski definition) is 2. The van der Waals surface area contributed by atoms with Gasteiger partial charge in [0.05, 0.1) is 17.7 Å². The van der Waals surface area contributed by atoms with Gasteiger partial charge >= 0.3 is 11.9 Å². The van der Waals surface area contributed by atoms with Crippen LogP contribution in [0.5, 0.6) is 0 Å². The Morgan fingerprint density at radius 2 is 1.79 bits per heavy atom. The monoisotopic (exact) mass is 404 g/mol. The number of carbonyl (C=O) groups is 4. The Bertz CT molecular complexity index is 980. The zero-order chi connectivity index (χ0) is 21.7. The molecule has 8 nitrogen and oxygen atoms in total. The summed E-state index contributed by atoms with van der Waals surface area (Å²) in [4.78, 5) is 50.2. The van der Waals surface area contributed by atoms with Gasteiger partial charge in [-0.15, -0.1) is 0 Å². The molecule has 0 saturated heterocycles. The molecular formula is C20H21FN2O6. The highest BCUT2D eigenvalue weighted by Crippen LogP contribution is 2.20. The number of H-pyrrole nitrogens is 1.